The Morgan fingerprint density at radius 1 is 1.24 bits per heavy atom. The van der Waals surface area contributed by atoms with Gasteiger partial charge in [-0.3, -0.25) is 4.79 Å². The normalized spacial score (nSPS) is 16.6. The summed E-state index contributed by atoms with van der Waals surface area (Å²) in [6.45, 7) is 1.63. The van der Waals surface area contributed by atoms with Crippen LogP contribution in [0, 0.1) is 5.82 Å². The SMILES string of the molecule is CN(Cc1ccc(F)cc1)C(=O)c1ccccc1OCC1CCCO1. The van der Waals surface area contributed by atoms with Gasteiger partial charge in [0.1, 0.15) is 18.2 Å². The number of carbonyl (C=O) groups is 1. The summed E-state index contributed by atoms with van der Waals surface area (Å²) in [7, 11) is 1.72. The van der Waals surface area contributed by atoms with Gasteiger partial charge in [-0.05, 0) is 42.7 Å². The molecule has 1 saturated heterocycles. The van der Waals surface area contributed by atoms with E-state index in [2.05, 4.69) is 0 Å². The van der Waals surface area contributed by atoms with Gasteiger partial charge in [-0.1, -0.05) is 24.3 Å². The summed E-state index contributed by atoms with van der Waals surface area (Å²) in [4.78, 5) is 14.4. The first-order valence-electron chi connectivity index (χ1n) is 8.47. The van der Waals surface area contributed by atoms with Crippen molar-refractivity contribution in [1.82, 2.24) is 4.90 Å². The average molecular weight is 343 g/mol. The Hall–Kier alpha value is -2.40. The zero-order valence-electron chi connectivity index (χ0n) is 14.3. The minimum Gasteiger partial charge on any atom is -0.490 e. The van der Waals surface area contributed by atoms with Gasteiger partial charge in [0.15, 0.2) is 0 Å². The number of benzene rings is 2. The van der Waals surface area contributed by atoms with Gasteiger partial charge in [0.05, 0.1) is 11.7 Å². The minimum absolute atomic E-state index is 0.0973. The molecule has 4 nitrogen and oxygen atoms in total. The maximum atomic E-state index is 13.0. The molecule has 2 aromatic rings. The Balaban J connectivity index is 1.66. The highest BCUT2D eigenvalue weighted by Gasteiger charge is 2.20. The largest absolute Gasteiger partial charge is 0.490 e. The molecule has 1 heterocycles. The summed E-state index contributed by atoms with van der Waals surface area (Å²) in [6, 6.07) is 13.4. The lowest BCUT2D eigenvalue weighted by atomic mass is 10.1. The van der Waals surface area contributed by atoms with Crippen LogP contribution in [-0.2, 0) is 11.3 Å². The van der Waals surface area contributed by atoms with Crippen LogP contribution in [0.2, 0.25) is 0 Å². The first-order chi connectivity index (χ1) is 12.1. The number of rotatable bonds is 6. The number of nitrogens with zero attached hydrogens (tertiary/aromatic N) is 1. The number of ether oxygens (including phenoxy) is 2. The van der Waals surface area contributed by atoms with Crippen molar-refractivity contribution in [2.75, 3.05) is 20.3 Å². The maximum absolute atomic E-state index is 13.0. The molecular weight excluding hydrogens is 321 g/mol. The Morgan fingerprint density at radius 3 is 2.72 bits per heavy atom. The fraction of sp³-hybridized carbons (Fsp3) is 0.350. The molecule has 0 saturated carbocycles. The van der Waals surface area contributed by atoms with Gasteiger partial charge in [-0.2, -0.15) is 0 Å². The van der Waals surface area contributed by atoms with Crippen molar-refractivity contribution in [3.63, 3.8) is 0 Å². The highest BCUT2D eigenvalue weighted by atomic mass is 19.1. The van der Waals surface area contributed by atoms with Crippen LogP contribution in [0.25, 0.3) is 0 Å². The fourth-order valence-corrected chi connectivity index (χ4v) is 2.87. The van der Waals surface area contributed by atoms with Crippen LogP contribution < -0.4 is 4.74 Å². The zero-order chi connectivity index (χ0) is 17.6. The Bertz CT molecular complexity index is 711. The summed E-state index contributed by atoms with van der Waals surface area (Å²) in [6.07, 6.45) is 2.13. The molecule has 1 amide bonds. The molecule has 5 heteroatoms. The van der Waals surface area contributed by atoms with Gasteiger partial charge in [0.25, 0.3) is 5.91 Å². The minimum atomic E-state index is -0.286. The van der Waals surface area contributed by atoms with Crippen molar-refractivity contribution in [2.24, 2.45) is 0 Å². The van der Waals surface area contributed by atoms with Crippen LogP contribution in [-0.4, -0.2) is 37.2 Å². The maximum Gasteiger partial charge on any atom is 0.257 e. The van der Waals surface area contributed by atoms with E-state index in [0.29, 0.717) is 24.5 Å². The van der Waals surface area contributed by atoms with E-state index >= 15 is 0 Å². The van der Waals surface area contributed by atoms with E-state index in [-0.39, 0.29) is 17.8 Å². The third kappa shape index (κ3) is 4.57. The summed E-state index contributed by atoms with van der Waals surface area (Å²) >= 11 is 0. The van der Waals surface area contributed by atoms with E-state index < -0.39 is 0 Å². The molecule has 1 aliphatic rings. The van der Waals surface area contributed by atoms with Crippen molar-refractivity contribution in [3.8, 4) is 5.75 Å². The lowest BCUT2D eigenvalue weighted by molar-refractivity contribution is 0.0656. The van der Waals surface area contributed by atoms with E-state index in [0.717, 1.165) is 25.0 Å². The zero-order valence-corrected chi connectivity index (χ0v) is 14.3. The monoisotopic (exact) mass is 343 g/mol. The number of hydrogen-bond acceptors (Lipinski definition) is 3. The number of para-hydroxylation sites is 1. The van der Waals surface area contributed by atoms with Crippen molar-refractivity contribution in [2.45, 2.75) is 25.5 Å². The standard InChI is InChI=1S/C20H22FNO3/c1-22(13-15-8-10-16(21)11-9-15)20(23)18-6-2-3-7-19(18)25-14-17-5-4-12-24-17/h2-3,6-11,17H,4-5,12-14H2,1H3. The number of halogens is 1. The number of carbonyl (C=O) groups excluding carboxylic acids is 1. The predicted molar refractivity (Wildman–Crippen MR) is 93.1 cm³/mol. The Kier molecular flexibility index (Phi) is 5.66. The lowest BCUT2D eigenvalue weighted by Crippen LogP contribution is -2.27. The predicted octanol–water partition coefficient (Wildman–Crippen LogP) is 3.66. The van der Waals surface area contributed by atoms with Crippen molar-refractivity contribution in [1.29, 1.82) is 0 Å². The van der Waals surface area contributed by atoms with Crippen LogP contribution in [0.4, 0.5) is 4.39 Å². The number of amides is 1. The summed E-state index contributed by atoms with van der Waals surface area (Å²) in [5.41, 5.74) is 1.39. The first-order valence-corrected chi connectivity index (χ1v) is 8.47. The molecule has 0 spiro atoms. The van der Waals surface area contributed by atoms with E-state index in [9.17, 15) is 9.18 Å². The van der Waals surface area contributed by atoms with Crippen molar-refractivity contribution >= 4 is 5.91 Å². The van der Waals surface area contributed by atoms with E-state index in [1.807, 2.05) is 12.1 Å². The summed E-state index contributed by atoms with van der Waals surface area (Å²) in [5, 5.41) is 0. The van der Waals surface area contributed by atoms with Gasteiger partial charge in [0.2, 0.25) is 0 Å². The second kappa shape index (κ2) is 8.12. The molecule has 0 aromatic heterocycles. The summed E-state index contributed by atoms with van der Waals surface area (Å²) in [5.74, 6) is 0.145. The lowest BCUT2D eigenvalue weighted by Gasteiger charge is -2.20. The molecule has 2 aromatic carbocycles. The quantitative estimate of drug-likeness (QED) is 0.803. The molecule has 1 fully saturated rings. The average Bonchev–Trinajstić information content (AvgIpc) is 3.15. The summed E-state index contributed by atoms with van der Waals surface area (Å²) < 4.78 is 24.4. The molecule has 0 radical (unpaired) electrons. The highest BCUT2D eigenvalue weighted by molar-refractivity contribution is 5.96. The van der Waals surface area contributed by atoms with Gasteiger partial charge in [-0.15, -0.1) is 0 Å². The smallest absolute Gasteiger partial charge is 0.257 e. The molecule has 132 valence electrons. The van der Waals surface area contributed by atoms with Crippen molar-refractivity contribution < 1.29 is 18.7 Å². The fourth-order valence-electron chi connectivity index (χ4n) is 2.87. The third-order valence-corrected chi connectivity index (χ3v) is 4.25. The van der Waals surface area contributed by atoms with Crippen molar-refractivity contribution in [3.05, 3.63) is 65.5 Å². The Labute approximate surface area is 147 Å². The van der Waals surface area contributed by atoms with Gasteiger partial charge < -0.3 is 14.4 Å². The molecule has 0 bridgehead atoms. The van der Waals surface area contributed by atoms with Crippen LogP contribution in [0.1, 0.15) is 28.8 Å². The topological polar surface area (TPSA) is 38.8 Å². The second-order valence-electron chi connectivity index (χ2n) is 6.23. The van der Waals surface area contributed by atoms with E-state index in [1.54, 1.807) is 36.2 Å². The Morgan fingerprint density at radius 2 is 2.00 bits per heavy atom. The third-order valence-electron chi connectivity index (χ3n) is 4.25. The molecule has 0 N–H and O–H groups in total. The van der Waals surface area contributed by atoms with Crippen LogP contribution in [0.15, 0.2) is 48.5 Å². The molecule has 25 heavy (non-hydrogen) atoms. The molecule has 1 atom stereocenters. The molecular formula is C20H22FNO3. The molecule has 3 rings (SSSR count). The van der Waals surface area contributed by atoms with Gasteiger partial charge >= 0.3 is 0 Å². The van der Waals surface area contributed by atoms with Crippen LogP contribution in [0.5, 0.6) is 5.75 Å². The van der Waals surface area contributed by atoms with Gasteiger partial charge in [-0.25, -0.2) is 4.39 Å². The molecule has 1 aliphatic heterocycles. The van der Waals surface area contributed by atoms with Crippen LogP contribution in [0.3, 0.4) is 0 Å². The second-order valence-corrected chi connectivity index (χ2v) is 6.23. The highest BCUT2D eigenvalue weighted by Crippen LogP contribution is 2.22. The molecule has 0 aliphatic carbocycles. The first kappa shape index (κ1) is 17.4. The van der Waals surface area contributed by atoms with Gasteiger partial charge in [0, 0.05) is 20.2 Å². The number of hydrogen-bond donors (Lipinski definition) is 0. The van der Waals surface area contributed by atoms with E-state index in [1.165, 1.54) is 12.1 Å². The van der Waals surface area contributed by atoms with E-state index in [4.69, 9.17) is 9.47 Å². The van der Waals surface area contributed by atoms with Crippen LogP contribution >= 0.6 is 0 Å². The molecule has 1 unspecified atom stereocenters.